The summed E-state index contributed by atoms with van der Waals surface area (Å²) in [5, 5.41) is 13.3. The fourth-order valence-corrected chi connectivity index (χ4v) is 3.70. The fraction of sp³-hybridized carbons (Fsp3) is 0.0500. The van der Waals surface area contributed by atoms with Crippen molar-refractivity contribution in [3.63, 3.8) is 0 Å². The van der Waals surface area contributed by atoms with Crippen LogP contribution in [0.25, 0.3) is 20.7 Å². The zero-order chi connectivity index (χ0) is 17.9. The quantitative estimate of drug-likeness (QED) is 0.540. The molecular formula is C20H15N3O2S. The first-order valence-corrected chi connectivity index (χ1v) is 8.88. The van der Waals surface area contributed by atoms with Gasteiger partial charge < -0.3 is 10.4 Å². The van der Waals surface area contributed by atoms with E-state index in [1.54, 1.807) is 41.9 Å². The molecule has 0 fully saturated rings. The minimum Gasteiger partial charge on any atom is -0.478 e. The third-order valence-corrected chi connectivity index (χ3v) is 5.14. The molecular weight excluding hydrogens is 346 g/mol. The molecule has 0 bridgehead atoms. The number of hydrogen-bond donors (Lipinski definition) is 2. The summed E-state index contributed by atoms with van der Waals surface area (Å²) in [7, 11) is 0. The predicted octanol–water partition coefficient (Wildman–Crippen LogP) is 4.67. The molecule has 0 amide bonds. The number of carboxylic acids is 1. The first-order chi connectivity index (χ1) is 12.7. The highest BCUT2D eigenvalue weighted by Gasteiger charge is 2.10. The average Bonchev–Trinajstić information content (AvgIpc) is 3.12. The van der Waals surface area contributed by atoms with Crippen LogP contribution < -0.4 is 5.32 Å². The number of thiophene rings is 1. The largest absolute Gasteiger partial charge is 0.478 e. The predicted molar refractivity (Wildman–Crippen MR) is 104 cm³/mol. The third-order valence-electron chi connectivity index (χ3n) is 4.05. The van der Waals surface area contributed by atoms with E-state index in [0.717, 1.165) is 32.0 Å². The van der Waals surface area contributed by atoms with Crippen molar-refractivity contribution >= 4 is 33.3 Å². The molecule has 0 radical (unpaired) electrons. The molecule has 4 aromatic rings. The van der Waals surface area contributed by atoms with E-state index in [9.17, 15) is 4.79 Å². The van der Waals surface area contributed by atoms with E-state index in [1.165, 1.54) is 0 Å². The normalized spacial score (nSPS) is 10.8. The van der Waals surface area contributed by atoms with Gasteiger partial charge in [0.15, 0.2) is 0 Å². The van der Waals surface area contributed by atoms with Crippen LogP contribution in [-0.4, -0.2) is 21.0 Å². The van der Waals surface area contributed by atoms with E-state index in [0.29, 0.717) is 6.54 Å². The van der Waals surface area contributed by atoms with Crippen LogP contribution >= 0.6 is 11.3 Å². The number of carbonyl (C=O) groups is 1. The number of aromatic carboxylic acids is 1. The highest BCUT2D eigenvalue weighted by atomic mass is 32.1. The van der Waals surface area contributed by atoms with Crippen LogP contribution in [0.3, 0.4) is 0 Å². The second kappa shape index (κ2) is 6.93. The van der Waals surface area contributed by atoms with E-state index < -0.39 is 5.97 Å². The second-order valence-electron chi connectivity index (χ2n) is 5.77. The minimum absolute atomic E-state index is 0.281. The van der Waals surface area contributed by atoms with E-state index in [-0.39, 0.29) is 5.56 Å². The van der Waals surface area contributed by atoms with Gasteiger partial charge in [-0.1, -0.05) is 42.5 Å². The van der Waals surface area contributed by atoms with E-state index in [2.05, 4.69) is 33.5 Å². The number of nitrogens with one attached hydrogen (secondary N) is 1. The maximum atomic E-state index is 10.9. The Morgan fingerprint density at radius 1 is 1.04 bits per heavy atom. The molecule has 0 aliphatic carbocycles. The lowest BCUT2D eigenvalue weighted by Gasteiger charge is -2.06. The van der Waals surface area contributed by atoms with Crippen LogP contribution in [-0.2, 0) is 6.54 Å². The molecule has 0 atom stereocenters. The van der Waals surface area contributed by atoms with Gasteiger partial charge in [0.25, 0.3) is 0 Å². The van der Waals surface area contributed by atoms with Gasteiger partial charge in [0.2, 0.25) is 0 Å². The van der Waals surface area contributed by atoms with Gasteiger partial charge in [0.05, 0.1) is 10.9 Å². The van der Waals surface area contributed by atoms with Crippen LogP contribution in [0, 0.1) is 0 Å². The summed E-state index contributed by atoms with van der Waals surface area (Å²) in [5.74, 6) is -0.149. The number of benzene rings is 2. The molecule has 0 saturated carbocycles. The summed E-state index contributed by atoms with van der Waals surface area (Å²) >= 11 is 1.63. The van der Waals surface area contributed by atoms with Gasteiger partial charge >= 0.3 is 5.97 Å². The van der Waals surface area contributed by atoms with E-state index in [4.69, 9.17) is 5.11 Å². The molecule has 26 heavy (non-hydrogen) atoms. The maximum Gasteiger partial charge on any atom is 0.335 e. The molecule has 128 valence electrons. The lowest BCUT2D eigenvalue weighted by molar-refractivity contribution is 0.0697. The Morgan fingerprint density at radius 2 is 1.81 bits per heavy atom. The van der Waals surface area contributed by atoms with Crippen LogP contribution in [0.1, 0.15) is 15.9 Å². The van der Waals surface area contributed by atoms with Crippen molar-refractivity contribution in [1.82, 2.24) is 9.97 Å². The molecule has 4 rings (SSSR count). The van der Waals surface area contributed by atoms with Crippen molar-refractivity contribution < 1.29 is 9.90 Å². The Morgan fingerprint density at radius 3 is 2.54 bits per heavy atom. The summed E-state index contributed by atoms with van der Waals surface area (Å²) in [5.41, 5.74) is 2.43. The zero-order valence-electron chi connectivity index (χ0n) is 13.7. The first-order valence-electron chi connectivity index (χ1n) is 8.07. The van der Waals surface area contributed by atoms with E-state index >= 15 is 0 Å². The topological polar surface area (TPSA) is 75.1 Å². The molecule has 0 spiro atoms. The van der Waals surface area contributed by atoms with Gasteiger partial charge in [0, 0.05) is 11.4 Å². The van der Waals surface area contributed by atoms with Crippen molar-refractivity contribution in [2.24, 2.45) is 0 Å². The molecule has 6 heteroatoms. The summed E-state index contributed by atoms with van der Waals surface area (Å²) in [6, 6.07) is 19.1. The number of rotatable bonds is 5. The van der Waals surface area contributed by atoms with Crippen LogP contribution in [0.2, 0.25) is 0 Å². The van der Waals surface area contributed by atoms with E-state index in [1.807, 2.05) is 18.2 Å². The Kier molecular flexibility index (Phi) is 4.33. The molecule has 0 saturated heterocycles. The molecule has 0 aliphatic heterocycles. The number of anilines is 1. The number of carboxylic acid groups (broad SMARTS) is 1. The zero-order valence-corrected chi connectivity index (χ0v) is 14.5. The summed E-state index contributed by atoms with van der Waals surface area (Å²) in [6.45, 7) is 0.558. The van der Waals surface area contributed by atoms with Crippen molar-refractivity contribution in [3.8, 4) is 10.4 Å². The minimum atomic E-state index is -0.922. The van der Waals surface area contributed by atoms with Gasteiger partial charge in [-0.3, -0.25) is 0 Å². The van der Waals surface area contributed by atoms with Gasteiger partial charge in [-0.2, -0.15) is 0 Å². The molecule has 0 unspecified atom stereocenters. The lowest BCUT2D eigenvalue weighted by Crippen LogP contribution is -2.03. The van der Waals surface area contributed by atoms with Gasteiger partial charge in [0.1, 0.15) is 17.0 Å². The Balaban J connectivity index is 1.58. The number of fused-ring (bicyclic) bond motifs is 1. The Bertz CT molecular complexity index is 1060. The third kappa shape index (κ3) is 3.27. The monoisotopic (exact) mass is 361 g/mol. The molecule has 5 nitrogen and oxygen atoms in total. The van der Waals surface area contributed by atoms with Gasteiger partial charge in [-0.05, 0) is 29.3 Å². The molecule has 2 aromatic heterocycles. The van der Waals surface area contributed by atoms with Crippen LogP contribution in [0.4, 0.5) is 5.82 Å². The molecule has 2 N–H and O–H groups in total. The summed E-state index contributed by atoms with van der Waals surface area (Å²) in [4.78, 5) is 21.7. The standard InChI is InChI=1S/C20H15N3O2S/c24-20(25)15-8-6-13(7-9-15)11-21-18-16-10-17(14-4-2-1-3-5-14)26-19(16)23-12-22-18/h1-10,12H,11H2,(H,24,25)(H,21,22,23). The lowest BCUT2D eigenvalue weighted by atomic mass is 10.1. The molecule has 2 aromatic carbocycles. The van der Waals surface area contributed by atoms with Crippen molar-refractivity contribution in [3.05, 3.63) is 78.1 Å². The highest BCUT2D eigenvalue weighted by Crippen LogP contribution is 2.34. The SMILES string of the molecule is O=C(O)c1ccc(CNc2ncnc3sc(-c4ccccc4)cc23)cc1. The molecule has 0 aliphatic rings. The van der Waals surface area contributed by atoms with Gasteiger partial charge in [-0.25, -0.2) is 14.8 Å². The smallest absolute Gasteiger partial charge is 0.335 e. The first kappa shape index (κ1) is 16.2. The number of hydrogen-bond acceptors (Lipinski definition) is 5. The van der Waals surface area contributed by atoms with Gasteiger partial charge in [-0.15, -0.1) is 11.3 Å². The average molecular weight is 361 g/mol. The maximum absolute atomic E-state index is 10.9. The van der Waals surface area contributed by atoms with Crippen molar-refractivity contribution in [2.45, 2.75) is 6.54 Å². The Labute approximate surface area is 154 Å². The summed E-state index contributed by atoms with van der Waals surface area (Å²) in [6.07, 6.45) is 1.56. The van der Waals surface area contributed by atoms with Crippen LogP contribution in [0.5, 0.6) is 0 Å². The summed E-state index contributed by atoms with van der Waals surface area (Å²) < 4.78 is 0. The molecule has 2 heterocycles. The van der Waals surface area contributed by atoms with Crippen LogP contribution in [0.15, 0.2) is 67.0 Å². The Hall–Kier alpha value is -3.25. The number of nitrogens with zero attached hydrogens (tertiary/aromatic N) is 2. The van der Waals surface area contributed by atoms with Crippen molar-refractivity contribution in [2.75, 3.05) is 5.32 Å². The fourth-order valence-electron chi connectivity index (χ4n) is 2.69. The van der Waals surface area contributed by atoms with Crippen molar-refractivity contribution in [1.29, 1.82) is 0 Å². The highest BCUT2D eigenvalue weighted by molar-refractivity contribution is 7.21. The second-order valence-corrected chi connectivity index (χ2v) is 6.80. The number of aromatic nitrogens is 2.